The van der Waals surface area contributed by atoms with Crippen LogP contribution in [0, 0.1) is 5.82 Å². The minimum absolute atomic E-state index is 0.0499. The number of nitrogens with zero attached hydrogens (tertiary/aromatic N) is 3. The van der Waals surface area contributed by atoms with Gasteiger partial charge in [-0.2, -0.15) is 4.37 Å². The van der Waals surface area contributed by atoms with Crippen LogP contribution in [0.15, 0.2) is 63.5 Å². The van der Waals surface area contributed by atoms with Crippen LogP contribution < -0.4 is 16.6 Å². The molecule has 0 aliphatic heterocycles. The Morgan fingerprint density at radius 1 is 1.10 bits per heavy atom. The molecule has 31 heavy (non-hydrogen) atoms. The molecule has 158 valence electrons. The van der Waals surface area contributed by atoms with E-state index in [9.17, 15) is 18.8 Å². The summed E-state index contributed by atoms with van der Waals surface area (Å²) in [5, 5.41) is 4.42. The maximum atomic E-state index is 13.2. The van der Waals surface area contributed by atoms with E-state index in [1.165, 1.54) is 28.8 Å². The first-order chi connectivity index (χ1) is 15.0. The minimum atomic E-state index is -0.624. The van der Waals surface area contributed by atoms with Crippen molar-refractivity contribution in [3.8, 4) is 0 Å². The van der Waals surface area contributed by atoms with Crippen LogP contribution in [-0.4, -0.2) is 19.4 Å². The number of anilines is 1. The number of carbonyl (C=O) groups is 1. The molecule has 0 spiro atoms. The lowest BCUT2D eigenvalue weighted by Crippen LogP contribution is -2.41. The molecule has 7 nitrogen and oxygen atoms in total. The molecule has 1 amide bonds. The zero-order valence-corrected chi connectivity index (χ0v) is 17.5. The van der Waals surface area contributed by atoms with Crippen molar-refractivity contribution < 1.29 is 9.18 Å². The second-order valence-corrected chi connectivity index (χ2v) is 7.62. The third-order valence-corrected chi connectivity index (χ3v) is 5.60. The number of aryl methyl sites for hydroxylation is 1. The van der Waals surface area contributed by atoms with Gasteiger partial charge in [-0.1, -0.05) is 37.3 Å². The normalized spacial score (nSPS) is 11.0. The molecule has 2 heterocycles. The molecule has 0 bridgehead atoms. The van der Waals surface area contributed by atoms with Gasteiger partial charge in [-0.25, -0.2) is 9.18 Å². The monoisotopic (exact) mass is 438 g/mol. The molecule has 2 aromatic carbocycles. The Hall–Kier alpha value is -3.59. The highest BCUT2D eigenvalue weighted by atomic mass is 32.1. The third-order valence-electron chi connectivity index (χ3n) is 4.98. The second kappa shape index (κ2) is 8.65. The summed E-state index contributed by atoms with van der Waals surface area (Å²) in [7, 11) is 0. The standard InChI is InChI=1S/C22H19FN4O3S/c1-2-15-5-3-4-6-17(15)24-19(28)12-26-18-13-31-25-20(18)21(29)27(22(26)30)11-14-7-9-16(23)10-8-14/h3-10,13H,2,11-12H2,1H3,(H,24,28). The van der Waals surface area contributed by atoms with E-state index in [4.69, 9.17) is 0 Å². The summed E-state index contributed by atoms with van der Waals surface area (Å²) in [5.74, 6) is -0.796. The molecule has 0 saturated carbocycles. The van der Waals surface area contributed by atoms with E-state index in [1.54, 1.807) is 11.4 Å². The van der Waals surface area contributed by atoms with Gasteiger partial charge in [0.05, 0.1) is 12.1 Å². The summed E-state index contributed by atoms with van der Waals surface area (Å²) in [4.78, 5) is 38.7. The van der Waals surface area contributed by atoms with Crippen LogP contribution in [0.4, 0.5) is 10.1 Å². The Morgan fingerprint density at radius 3 is 2.58 bits per heavy atom. The Labute approximate surface area is 180 Å². The largest absolute Gasteiger partial charge is 0.332 e. The summed E-state index contributed by atoms with van der Waals surface area (Å²) in [5.41, 5.74) is 1.51. The number of para-hydroxylation sites is 1. The predicted molar refractivity (Wildman–Crippen MR) is 118 cm³/mol. The van der Waals surface area contributed by atoms with Crippen LogP contribution in [0.5, 0.6) is 0 Å². The number of carbonyl (C=O) groups excluding carboxylic acids is 1. The quantitative estimate of drug-likeness (QED) is 0.502. The highest BCUT2D eigenvalue weighted by Crippen LogP contribution is 2.16. The molecule has 0 radical (unpaired) electrons. The van der Waals surface area contributed by atoms with Crippen LogP contribution in [0.25, 0.3) is 11.0 Å². The number of aromatic nitrogens is 3. The molecule has 0 unspecified atom stereocenters. The van der Waals surface area contributed by atoms with Crippen LogP contribution in [0.1, 0.15) is 18.1 Å². The SMILES string of the molecule is CCc1ccccc1NC(=O)Cn1c(=O)n(Cc2ccc(F)cc2)c(=O)c2nscc21. The molecule has 0 atom stereocenters. The van der Waals surface area contributed by atoms with Gasteiger partial charge in [0.25, 0.3) is 5.56 Å². The van der Waals surface area contributed by atoms with Gasteiger partial charge in [0, 0.05) is 11.1 Å². The number of halogens is 1. The Kier molecular flexibility index (Phi) is 5.77. The topological polar surface area (TPSA) is 86.0 Å². The number of amides is 1. The first-order valence-corrected chi connectivity index (χ1v) is 10.5. The van der Waals surface area contributed by atoms with Crippen LogP contribution in [0.2, 0.25) is 0 Å². The summed E-state index contributed by atoms with van der Waals surface area (Å²) >= 11 is 1.04. The lowest BCUT2D eigenvalue weighted by Gasteiger charge is -2.13. The number of rotatable bonds is 6. The van der Waals surface area contributed by atoms with Crippen molar-refractivity contribution in [1.82, 2.24) is 13.5 Å². The van der Waals surface area contributed by atoms with Gasteiger partial charge in [0.1, 0.15) is 12.4 Å². The number of fused-ring (bicyclic) bond motifs is 1. The molecule has 1 N–H and O–H groups in total. The molecule has 4 rings (SSSR count). The van der Waals surface area contributed by atoms with E-state index in [2.05, 4.69) is 9.69 Å². The Balaban J connectivity index is 1.71. The highest BCUT2D eigenvalue weighted by molar-refractivity contribution is 7.04. The molecule has 9 heteroatoms. The fourth-order valence-corrected chi connectivity index (χ4v) is 4.05. The number of hydrogen-bond donors (Lipinski definition) is 1. The van der Waals surface area contributed by atoms with Crippen molar-refractivity contribution in [2.45, 2.75) is 26.4 Å². The molecular weight excluding hydrogens is 419 g/mol. The van der Waals surface area contributed by atoms with Crippen molar-refractivity contribution in [3.63, 3.8) is 0 Å². The van der Waals surface area contributed by atoms with Gasteiger partial charge in [-0.3, -0.25) is 18.7 Å². The minimum Gasteiger partial charge on any atom is -0.324 e. The summed E-state index contributed by atoms with van der Waals surface area (Å²) in [6.45, 7) is 1.67. The van der Waals surface area contributed by atoms with Crippen molar-refractivity contribution in [2.75, 3.05) is 5.32 Å². The second-order valence-electron chi connectivity index (χ2n) is 6.99. The lowest BCUT2D eigenvalue weighted by molar-refractivity contribution is -0.116. The number of hydrogen-bond acceptors (Lipinski definition) is 5. The molecule has 0 saturated heterocycles. The highest BCUT2D eigenvalue weighted by Gasteiger charge is 2.18. The van der Waals surface area contributed by atoms with Crippen molar-refractivity contribution >= 4 is 34.2 Å². The number of benzene rings is 2. The molecule has 0 fully saturated rings. The predicted octanol–water partition coefficient (Wildman–Crippen LogP) is 3.01. The summed E-state index contributed by atoms with van der Waals surface area (Å²) in [6, 6.07) is 13.0. The molecule has 4 aromatic rings. The summed E-state index contributed by atoms with van der Waals surface area (Å²) < 4.78 is 19.6. The molecular formula is C22H19FN4O3S. The average Bonchev–Trinajstić information content (AvgIpc) is 3.26. The molecule has 2 aromatic heterocycles. The maximum absolute atomic E-state index is 13.2. The van der Waals surface area contributed by atoms with Crippen LogP contribution in [-0.2, 0) is 24.3 Å². The van der Waals surface area contributed by atoms with Gasteiger partial charge in [-0.05, 0) is 47.3 Å². The number of nitrogens with one attached hydrogen (secondary N) is 1. The maximum Gasteiger partial charge on any atom is 0.332 e. The fraction of sp³-hybridized carbons (Fsp3) is 0.182. The first-order valence-electron chi connectivity index (χ1n) is 9.68. The first kappa shape index (κ1) is 20.7. The van der Waals surface area contributed by atoms with Gasteiger partial charge in [-0.15, -0.1) is 0 Å². The van der Waals surface area contributed by atoms with Crippen LogP contribution >= 0.6 is 11.5 Å². The zero-order chi connectivity index (χ0) is 22.0. The lowest BCUT2D eigenvalue weighted by atomic mass is 10.1. The third kappa shape index (κ3) is 4.17. The summed E-state index contributed by atoms with van der Waals surface area (Å²) in [6.07, 6.45) is 0.748. The van der Waals surface area contributed by atoms with Crippen molar-refractivity contribution in [3.05, 3.63) is 91.7 Å². The van der Waals surface area contributed by atoms with Gasteiger partial charge < -0.3 is 5.32 Å². The van der Waals surface area contributed by atoms with Gasteiger partial charge >= 0.3 is 5.69 Å². The van der Waals surface area contributed by atoms with E-state index in [1.807, 2.05) is 25.1 Å². The van der Waals surface area contributed by atoms with Crippen molar-refractivity contribution in [2.24, 2.45) is 0 Å². The van der Waals surface area contributed by atoms with Gasteiger partial charge in [0.2, 0.25) is 5.91 Å². The van der Waals surface area contributed by atoms with Gasteiger partial charge in [0.15, 0.2) is 5.52 Å². The van der Waals surface area contributed by atoms with E-state index in [-0.39, 0.29) is 24.5 Å². The van der Waals surface area contributed by atoms with E-state index >= 15 is 0 Å². The van der Waals surface area contributed by atoms with Crippen molar-refractivity contribution in [1.29, 1.82) is 0 Å². The van der Waals surface area contributed by atoms with E-state index < -0.39 is 17.1 Å². The fourth-order valence-electron chi connectivity index (χ4n) is 3.38. The van der Waals surface area contributed by atoms with E-state index in [0.29, 0.717) is 16.8 Å². The molecule has 0 aliphatic carbocycles. The average molecular weight is 438 g/mol. The Bertz CT molecular complexity index is 1370. The Morgan fingerprint density at radius 2 is 1.84 bits per heavy atom. The van der Waals surface area contributed by atoms with E-state index in [0.717, 1.165) is 28.1 Å². The molecule has 0 aliphatic rings. The smallest absolute Gasteiger partial charge is 0.324 e. The van der Waals surface area contributed by atoms with Crippen LogP contribution in [0.3, 0.4) is 0 Å². The zero-order valence-electron chi connectivity index (χ0n) is 16.7.